The van der Waals surface area contributed by atoms with E-state index in [-0.39, 0.29) is 11.9 Å². The molecule has 2 aromatic rings. The number of hydrogen-bond acceptors (Lipinski definition) is 2. The second kappa shape index (κ2) is 7.17. The third-order valence-corrected chi connectivity index (χ3v) is 3.96. The van der Waals surface area contributed by atoms with Crippen molar-refractivity contribution in [3.05, 3.63) is 59.7 Å². The van der Waals surface area contributed by atoms with Gasteiger partial charge in [-0.3, -0.25) is 4.79 Å². The van der Waals surface area contributed by atoms with Crippen molar-refractivity contribution in [3.63, 3.8) is 0 Å². The molecule has 5 nitrogen and oxygen atoms in total. The maximum Gasteiger partial charge on any atom is 0.323 e. The highest BCUT2D eigenvalue weighted by Crippen LogP contribution is 2.20. The van der Waals surface area contributed by atoms with Gasteiger partial charge in [-0.15, -0.1) is 0 Å². The van der Waals surface area contributed by atoms with Gasteiger partial charge in [-0.2, -0.15) is 0 Å². The normalized spacial score (nSPS) is 13.2. The van der Waals surface area contributed by atoms with Crippen LogP contribution in [0.1, 0.15) is 35.7 Å². The van der Waals surface area contributed by atoms with Crippen LogP contribution >= 0.6 is 0 Å². The average molecular weight is 323 g/mol. The Morgan fingerprint density at radius 2 is 1.71 bits per heavy atom. The Kier molecular flexibility index (Phi) is 4.79. The standard InChI is InChI=1S/C19H21N3O2/c1-2-13-5-3-4-6-17(13)22-19(24)21-16-9-7-14(8-10-16)18(23)20-15-11-12-15/h3-10,15H,2,11-12H2,1H3,(H,20,23)(H2,21,22,24). The van der Waals surface area contributed by atoms with Gasteiger partial charge in [-0.05, 0) is 55.2 Å². The van der Waals surface area contributed by atoms with E-state index in [1.807, 2.05) is 31.2 Å². The number of benzene rings is 2. The van der Waals surface area contributed by atoms with Crippen LogP contribution in [0.25, 0.3) is 0 Å². The summed E-state index contributed by atoms with van der Waals surface area (Å²) in [6.45, 7) is 2.05. The van der Waals surface area contributed by atoms with Crippen molar-refractivity contribution in [2.45, 2.75) is 32.2 Å². The highest BCUT2D eigenvalue weighted by molar-refractivity contribution is 6.01. The van der Waals surface area contributed by atoms with Crippen LogP contribution in [0, 0.1) is 0 Å². The lowest BCUT2D eigenvalue weighted by Crippen LogP contribution is -2.25. The third-order valence-electron chi connectivity index (χ3n) is 3.96. The molecule has 24 heavy (non-hydrogen) atoms. The molecule has 3 N–H and O–H groups in total. The van der Waals surface area contributed by atoms with Crippen LogP contribution in [0.5, 0.6) is 0 Å². The van der Waals surface area contributed by atoms with E-state index in [1.165, 1.54) is 0 Å². The van der Waals surface area contributed by atoms with Crippen molar-refractivity contribution in [1.29, 1.82) is 0 Å². The molecule has 0 spiro atoms. The summed E-state index contributed by atoms with van der Waals surface area (Å²) in [7, 11) is 0. The van der Waals surface area contributed by atoms with Crippen molar-refractivity contribution in [2.75, 3.05) is 10.6 Å². The summed E-state index contributed by atoms with van der Waals surface area (Å²) in [6, 6.07) is 14.6. The van der Waals surface area contributed by atoms with Gasteiger partial charge in [0.25, 0.3) is 5.91 Å². The van der Waals surface area contributed by atoms with Gasteiger partial charge in [0.1, 0.15) is 0 Å². The number of urea groups is 1. The number of anilines is 2. The van der Waals surface area contributed by atoms with Crippen LogP contribution in [0.3, 0.4) is 0 Å². The maximum absolute atomic E-state index is 12.1. The Labute approximate surface area is 141 Å². The summed E-state index contributed by atoms with van der Waals surface area (Å²) in [5.74, 6) is -0.0645. The quantitative estimate of drug-likeness (QED) is 0.783. The maximum atomic E-state index is 12.1. The highest BCUT2D eigenvalue weighted by atomic mass is 16.2. The molecule has 1 aliphatic carbocycles. The van der Waals surface area contributed by atoms with E-state index in [9.17, 15) is 9.59 Å². The highest BCUT2D eigenvalue weighted by Gasteiger charge is 2.23. The first-order valence-corrected chi connectivity index (χ1v) is 8.22. The summed E-state index contributed by atoms with van der Waals surface area (Å²) in [4.78, 5) is 24.1. The van der Waals surface area contributed by atoms with Gasteiger partial charge in [-0.1, -0.05) is 25.1 Å². The SMILES string of the molecule is CCc1ccccc1NC(=O)Nc1ccc(C(=O)NC2CC2)cc1. The predicted molar refractivity (Wildman–Crippen MR) is 95.4 cm³/mol. The first-order valence-electron chi connectivity index (χ1n) is 8.22. The number of rotatable bonds is 5. The number of para-hydroxylation sites is 1. The molecule has 3 amide bonds. The summed E-state index contributed by atoms with van der Waals surface area (Å²) >= 11 is 0. The molecule has 2 aromatic carbocycles. The molecule has 0 atom stereocenters. The van der Waals surface area contributed by atoms with Gasteiger partial charge in [0.05, 0.1) is 0 Å². The average Bonchev–Trinajstić information content (AvgIpc) is 3.40. The van der Waals surface area contributed by atoms with E-state index in [2.05, 4.69) is 16.0 Å². The molecule has 0 unspecified atom stereocenters. The largest absolute Gasteiger partial charge is 0.349 e. The summed E-state index contributed by atoms with van der Waals surface area (Å²) in [5.41, 5.74) is 3.13. The molecule has 0 heterocycles. The molecular weight excluding hydrogens is 302 g/mol. The van der Waals surface area contributed by atoms with Gasteiger partial charge in [0.15, 0.2) is 0 Å². The lowest BCUT2D eigenvalue weighted by molar-refractivity contribution is 0.0951. The molecule has 0 aliphatic heterocycles. The van der Waals surface area contributed by atoms with Gasteiger partial charge in [0.2, 0.25) is 0 Å². The number of nitrogens with one attached hydrogen (secondary N) is 3. The zero-order valence-electron chi connectivity index (χ0n) is 13.6. The fraction of sp³-hybridized carbons (Fsp3) is 0.263. The monoisotopic (exact) mass is 323 g/mol. The van der Waals surface area contributed by atoms with Crippen molar-refractivity contribution < 1.29 is 9.59 Å². The Hall–Kier alpha value is -2.82. The zero-order chi connectivity index (χ0) is 16.9. The van der Waals surface area contributed by atoms with Crippen molar-refractivity contribution in [3.8, 4) is 0 Å². The van der Waals surface area contributed by atoms with E-state index >= 15 is 0 Å². The first kappa shape index (κ1) is 16.1. The molecule has 1 fully saturated rings. The Morgan fingerprint density at radius 1 is 1.00 bits per heavy atom. The van der Waals surface area contributed by atoms with Crippen molar-refractivity contribution in [2.24, 2.45) is 0 Å². The van der Waals surface area contributed by atoms with E-state index in [4.69, 9.17) is 0 Å². The summed E-state index contributed by atoms with van der Waals surface area (Å²) in [5, 5.41) is 8.57. The van der Waals surface area contributed by atoms with Gasteiger partial charge in [0, 0.05) is 23.0 Å². The Bertz CT molecular complexity index is 737. The van der Waals surface area contributed by atoms with Crippen LogP contribution in [0.4, 0.5) is 16.2 Å². The van der Waals surface area contributed by atoms with Crippen LogP contribution in [0.15, 0.2) is 48.5 Å². The first-order chi connectivity index (χ1) is 11.7. The Morgan fingerprint density at radius 3 is 2.38 bits per heavy atom. The number of aryl methyl sites for hydroxylation is 1. The summed E-state index contributed by atoms with van der Waals surface area (Å²) < 4.78 is 0. The van der Waals surface area contributed by atoms with E-state index in [1.54, 1.807) is 24.3 Å². The molecule has 0 saturated heterocycles. The van der Waals surface area contributed by atoms with Gasteiger partial charge < -0.3 is 16.0 Å². The second-order valence-corrected chi connectivity index (χ2v) is 5.91. The number of carbonyl (C=O) groups is 2. The van der Waals surface area contributed by atoms with Crippen LogP contribution in [0.2, 0.25) is 0 Å². The van der Waals surface area contributed by atoms with Crippen LogP contribution in [-0.4, -0.2) is 18.0 Å². The molecule has 1 saturated carbocycles. The molecule has 0 radical (unpaired) electrons. The third kappa shape index (κ3) is 4.13. The van der Waals surface area contributed by atoms with Crippen LogP contribution in [-0.2, 0) is 6.42 Å². The number of hydrogen-bond donors (Lipinski definition) is 3. The predicted octanol–water partition coefficient (Wildman–Crippen LogP) is 3.79. The van der Waals surface area contributed by atoms with E-state index < -0.39 is 0 Å². The van der Waals surface area contributed by atoms with E-state index in [0.717, 1.165) is 30.5 Å². The lowest BCUT2D eigenvalue weighted by Gasteiger charge is -2.11. The van der Waals surface area contributed by atoms with Crippen molar-refractivity contribution >= 4 is 23.3 Å². The Balaban J connectivity index is 1.58. The molecule has 0 bridgehead atoms. The zero-order valence-corrected chi connectivity index (χ0v) is 13.6. The number of carbonyl (C=O) groups excluding carboxylic acids is 2. The smallest absolute Gasteiger partial charge is 0.323 e. The topological polar surface area (TPSA) is 70.2 Å². The molecule has 124 valence electrons. The molecule has 1 aliphatic rings. The molecule has 0 aromatic heterocycles. The molecule has 5 heteroatoms. The minimum atomic E-state index is -0.300. The fourth-order valence-corrected chi connectivity index (χ4v) is 2.44. The van der Waals surface area contributed by atoms with Gasteiger partial charge in [-0.25, -0.2) is 4.79 Å². The molecular formula is C19H21N3O2. The number of amides is 3. The summed E-state index contributed by atoms with van der Waals surface area (Å²) in [6.07, 6.45) is 2.97. The lowest BCUT2D eigenvalue weighted by atomic mass is 10.1. The van der Waals surface area contributed by atoms with Crippen LogP contribution < -0.4 is 16.0 Å². The minimum Gasteiger partial charge on any atom is -0.349 e. The van der Waals surface area contributed by atoms with E-state index in [0.29, 0.717) is 17.3 Å². The fourth-order valence-electron chi connectivity index (χ4n) is 2.44. The second-order valence-electron chi connectivity index (χ2n) is 5.91. The van der Waals surface area contributed by atoms with Gasteiger partial charge >= 0.3 is 6.03 Å². The molecule has 3 rings (SSSR count). The minimum absolute atomic E-state index is 0.0645. The van der Waals surface area contributed by atoms with Crippen molar-refractivity contribution in [1.82, 2.24) is 5.32 Å².